The van der Waals surface area contributed by atoms with E-state index in [4.69, 9.17) is 5.10 Å². The lowest BCUT2D eigenvalue weighted by Crippen LogP contribution is -2.38. The molecular formula is C23H33N5O. The number of carbonyl (C=O) groups is 1. The zero-order valence-corrected chi connectivity index (χ0v) is 17.6. The van der Waals surface area contributed by atoms with Crippen molar-refractivity contribution < 1.29 is 4.79 Å². The summed E-state index contributed by atoms with van der Waals surface area (Å²) in [5.41, 5.74) is 4.51. The molecule has 1 unspecified atom stereocenters. The van der Waals surface area contributed by atoms with Crippen LogP contribution >= 0.6 is 0 Å². The van der Waals surface area contributed by atoms with E-state index in [9.17, 15) is 4.79 Å². The van der Waals surface area contributed by atoms with Crippen molar-refractivity contribution in [2.75, 3.05) is 19.6 Å². The number of hydrogen-bond acceptors (Lipinski definition) is 4. The van der Waals surface area contributed by atoms with Gasteiger partial charge < -0.3 is 10.2 Å². The van der Waals surface area contributed by atoms with Crippen molar-refractivity contribution in [3.05, 3.63) is 47.0 Å². The van der Waals surface area contributed by atoms with Crippen molar-refractivity contribution in [3.63, 3.8) is 0 Å². The van der Waals surface area contributed by atoms with E-state index in [0.717, 1.165) is 76.8 Å². The number of likely N-dealkylation sites (tertiary alicyclic amines) is 1. The summed E-state index contributed by atoms with van der Waals surface area (Å²) in [6, 6.07) is 4.56. The fraction of sp³-hybridized carbons (Fsp3) is 0.609. The Morgan fingerprint density at radius 1 is 1.21 bits per heavy atom. The Balaban J connectivity index is 1.45. The molecular weight excluding hydrogens is 362 g/mol. The Labute approximate surface area is 173 Å². The van der Waals surface area contributed by atoms with Crippen molar-refractivity contribution in [1.82, 2.24) is 25.0 Å². The molecule has 1 fully saturated rings. The first-order valence-corrected chi connectivity index (χ1v) is 11.3. The molecule has 6 nitrogen and oxygen atoms in total. The molecule has 1 amide bonds. The summed E-state index contributed by atoms with van der Waals surface area (Å²) in [7, 11) is 0. The van der Waals surface area contributed by atoms with Crippen molar-refractivity contribution in [2.24, 2.45) is 0 Å². The van der Waals surface area contributed by atoms with Gasteiger partial charge in [-0.3, -0.25) is 14.5 Å². The van der Waals surface area contributed by atoms with E-state index in [0.29, 0.717) is 6.04 Å². The third-order valence-electron chi connectivity index (χ3n) is 6.22. The van der Waals surface area contributed by atoms with Gasteiger partial charge >= 0.3 is 0 Å². The van der Waals surface area contributed by atoms with Crippen LogP contribution < -0.4 is 5.32 Å². The van der Waals surface area contributed by atoms with E-state index in [-0.39, 0.29) is 5.91 Å². The molecule has 4 rings (SSSR count). The normalized spacial score (nSPS) is 19.2. The van der Waals surface area contributed by atoms with Crippen molar-refractivity contribution in [1.29, 1.82) is 0 Å². The van der Waals surface area contributed by atoms with Crippen LogP contribution in [0.25, 0.3) is 0 Å². The quantitative estimate of drug-likeness (QED) is 0.783. The van der Waals surface area contributed by atoms with Gasteiger partial charge in [0.25, 0.3) is 5.91 Å². The molecule has 1 atom stereocenters. The predicted molar refractivity (Wildman–Crippen MR) is 114 cm³/mol. The molecule has 1 aliphatic heterocycles. The molecule has 1 saturated heterocycles. The van der Waals surface area contributed by atoms with Gasteiger partial charge in [0.2, 0.25) is 0 Å². The first kappa shape index (κ1) is 20.1. The summed E-state index contributed by atoms with van der Waals surface area (Å²) < 4.78 is 2.11. The first-order valence-electron chi connectivity index (χ1n) is 11.3. The Kier molecular flexibility index (Phi) is 6.60. The van der Waals surface area contributed by atoms with Gasteiger partial charge in [-0.25, -0.2) is 0 Å². The lowest BCUT2D eigenvalue weighted by molar-refractivity contribution is 0.0716. The number of rotatable bonds is 7. The second-order valence-corrected chi connectivity index (χ2v) is 8.35. The summed E-state index contributed by atoms with van der Waals surface area (Å²) in [5.74, 6) is 0.147. The SMILES string of the molecule is CCCn1nc(C(=O)N2CCCCC2)c2c1CCC(NCCc1ccncc1)C2. The Morgan fingerprint density at radius 2 is 2.00 bits per heavy atom. The number of hydrogen-bond donors (Lipinski definition) is 1. The number of piperidine rings is 1. The lowest BCUT2D eigenvalue weighted by Gasteiger charge is -2.28. The summed E-state index contributed by atoms with van der Waals surface area (Å²) >= 11 is 0. The molecule has 0 aromatic carbocycles. The molecule has 1 aliphatic carbocycles. The van der Waals surface area contributed by atoms with Crippen LogP contribution in [0.3, 0.4) is 0 Å². The zero-order valence-electron chi connectivity index (χ0n) is 17.6. The molecule has 0 spiro atoms. The molecule has 29 heavy (non-hydrogen) atoms. The van der Waals surface area contributed by atoms with Crippen molar-refractivity contribution in [2.45, 2.75) is 70.9 Å². The first-order chi connectivity index (χ1) is 14.3. The fourth-order valence-corrected chi connectivity index (χ4v) is 4.65. The molecule has 3 heterocycles. The molecule has 2 aromatic heterocycles. The molecule has 0 radical (unpaired) electrons. The van der Waals surface area contributed by atoms with Gasteiger partial charge in [0.05, 0.1) is 0 Å². The second kappa shape index (κ2) is 9.53. The highest BCUT2D eigenvalue weighted by Gasteiger charge is 2.31. The summed E-state index contributed by atoms with van der Waals surface area (Å²) in [4.78, 5) is 19.3. The van der Waals surface area contributed by atoms with Crippen LogP contribution in [0.5, 0.6) is 0 Å². The van der Waals surface area contributed by atoms with Crippen LogP contribution in [0, 0.1) is 0 Å². The largest absolute Gasteiger partial charge is 0.337 e. The maximum atomic E-state index is 13.2. The van der Waals surface area contributed by atoms with E-state index >= 15 is 0 Å². The molecule has 2 aromatic rings. The van der Waals surface area contributed by atoms with E-state index in [1.165, 1.54) is 23.2 Å². The maximum Gasteiger partial charge on any atom is 0.274 e. The molecule has 0 bridgehead atoms. The van der Waals surface area contributed by atoms with E-state index < -0.39 is 0 Å². The van der Waals surface area contributed by atoms with Crippen LogP contribution in [-0.4, -0.2) is 51.2 Å². The maximum absolute atomic E-state index is 13.2. The number of pyridine rings is 1. The van der Waals surface area contributed by atoms with Gasteiger partial charge in [0, 0.05) is 49.3 Å². The average Bonchev–Trinajstić information content (AvgIpc) is 3.13. The predicted octanol–water partition coefficient (Wildman–Crippen LogP) is 3.00. The molecule has 2 aliphatic rings. The molecule has 156 valence electrons. The van der Waals surface area contributed by atoms with Crippen molar-refractivity contribution in [3.8, 4) is 0 Å². The van der Waals surface area contributed by atoms with Crippen LogP contribution in [0.4, 0.5) is 0 Å². The Bertz CT molecular complexity index is 810. The van der Waals surface area contributed by atoms with Gasteiger partial charge in [0.1, 0.15) is 0 Å². The number of aryl methyl sites for hydroxylation is 1. The second-order valence-electron chi connectivity index (χ2n) is 8.35. The van der Waals surface area contributed by atoms with E-state index in [2.05, 4.69) is 34.0 Å². The number of nitrogens with zero attached hydrogens (tertiary/aromatic N) is 4. The zero-order chi connectivity index (χ0) is 20.1. The number of aromatic nitrogens is 3. The summed E-state index contributed by atoms with van der Waals surface area (Å²) in [5, 5.41) is 8.53. The third kappa shape index (κ3) is 4.69. The molecule has 0 saturated carbocycles. The highest BCUT2D eigenvalue weighted by Crippen LogP contribution is 2.27. The average molecular weight is 396 g/mol. The molecule has 1 N–H and O–H groups in total. The van der Waals surface area contributed by atoms with Gasteiger partial charge in [-0.1, -0.05) is 6.92 Å². The number of carbonyl (C=O) groups excluding carboxylic acids is 1. The van der Waals surface area contributed by atoms with E-state index in [1.54, 1.807) is 0 Å². The van der Waals surface area contributed by atoms with Gasteiger partial charge in [-0.05, 0) is 75.6 Å². The molecule has 6 heteroatoms. The topological polar surface area (TPSA) is 63.1 Å². The summed E-state index contributed by atoms with van der Waals surface area (Å²) in [6.07, 6.45) is 12.2. The van der Waals surface area contributed by atoms with E-state index in [1.807, 2.05) is 17.3 Å². The third-order valence-corrected chi connectivity index (χ3v) is 6.22. The standard InChI is InChI=1S/C23H33N5O/c1-2-14-28-21-7-6-19(25-13-10-18-8-11-24-12-9-18)17-20(21)22(26-28)23(29)27-15-4-3-5-16-27/h8-9,11-12,19,25H,2-7,10,13-17H2,1H3. The van der Waals surface area contributed by atoms with Crippen LogP contribution in [0.2, 0.25) is 0 Å². The number of fused-ring (bicyclic) bond motifs is 1. The van der Waals surface area contributed by atoms with Crippen LogP contribution in [0.15, 0.2) is 24.5 Å². The fourth-order valence-electron chi connectivity index (χ4n) is 4.65. The number of amides is 1. The Hall–Kier alpha value is -2.21. The minimum Gasteiger partial charge on any atom is -0.337 e. The highest BCUT2D eigenvalue weighted by atomic mass is 16.2. The lowest BCUT2D eigenvalue weighted by atomic mass is 9.90. The van der Waals surface area contributed by atoms with Gasteiger partial charge in [-0.2, -0.15) is 5.10 Å². The number of nitrogens with one attached hydrogen (secondary N) is 1. The smallest absolute Gasteiger partial charge is 0.274 e. The van der Waals surface area contributed by atoms with Crippen LogP contribution in [-0.2, 0) is 25.8 Å². The van der Waals surface area contributed by atoms with Crippen molar-refractivity contribution >= 4 is 5.91 Å². The monoisotopic (exact) mass is 395 g/mol. The van der Waals surface area contributed by atoms with Gasteiger partial charge in [0.15, 0.2) is 5.69 Å². The highest BCUT2D eigenvalue weighted by molar-refractivity contribution is 5.94. The summed E-state index contributed by atoms with van der Waals surface area (Å²) in [6.45, 7) is 5.77. The minimum absolute atomic E-state index is 0.147. The van der Waals surface area contributed by atoms with Crippen LogP contribution in [0.1, 0.15) is 66.3 Å². The Morgan fingerprint density at radius 3 is 2.76 bits per heavy atom. The minimum atomic E-state index is 0.147. The van der Waals surface area contributed by atoms with Gasteiger partial charge in [-0.15, -0.1) is 0 Å².